The maximum absolute atomic E-state index is 13.7. The fourth-order valence-electron chi connectivity index (χ4n) is 2.18. The number of benzene rings is 1. The van der Waals surface area contributed by atoms with Crippen LogP contribution in [-0.2, 0) is 4.79 Å². The van der Waals surface area contributed by atoms with Gasteiger partial charge in [0.2, 0.25) is 5.91 Å². The Morgan fingerprint density at radius 3 is 3.00 bits per heavy atom. The average Bonchev–Trinajstić information content (AvgIpc) is 2.40. The van der Waals surface area contributed by atoms with Crippen LogP contribution in [0.4, 0.5) is 4.39 Å². The summed E-state index contributed by atoms with van der Waals surface area (Å²) in [5, 5.41) is 2.98. The van der Waals surface area contributed by atoms with Gasteiger partial charge in [-0.25, -0.2) is 4.39 Å². The summed E-state index contributed by atoms with van der Waals surface area (Å²) >= 11 is 5.78. The molecule has 19 heavy (non-hydrogen) atoms. The van der Waals surface area contributed by atoms with E-state index in [-0.39, 0.29) is 11.5 Å². The highest BCUT2D eigenvalue weighted by Crippen LogP contribution is 2.19. The van der Waals surface area contributed by atoms with Crippen molar-refractivity contribution in [2.24, 2.45) is 0 Å². The summed E-state index contributed by atoms with van der Waals surface area (Å²) in [6, 6.07) is 3.27. The molecule has 0 aliphatic carbocycles. The van der Waals surface area contributed by atoms with Gasteiger partial charge in [-0.3, -0.25) is 9.59 Å². The van der Waals surface area contributed by atoms with Crippen LogP contribution in [-0.4, -0.2) is 35.8 Å². The van der Waals surface area contributed by atoms with E-state index in [0.29, 0.717) is 24.5 Å². The molecule has 1 unspecified atom stereocenters. The van der Waals surface area contributed by atoms with Crippen molar-refractivity contribution in [1.29, 1.82) is 0 Å². The number of halogens is 2. The van der Waals surface area contributed by atoms with Crippen LogP contribution in [0.2, 0.25) is 5.02 Å². The standard InChI is InChI=1S/C13H14ClFN2O2/c1-2-11-12(18)16-5-6-17(11)13(19)9-7-8(14)3-4-10(9)15/h3-4,7,11H,2,5-6H2,1H3,(H,16,18). The Hall–Kier alpha value is -1.62. The Labute approximate surface area is 115 Å². The van der Waals surface area contributed by atoms with E-state index in [4.69, 9.17) is 11.6 Å². The second-order valence-electron chi connectivity index (χ2n) is 4.34. The predicted octanol–water partition coefficient (Wildman–Crippen LogP) is 1.83. The molecule has 1 aromatic rings. The molecule has 1 aliphatic heterocycles. The van der Waals surface area contributed by atoms with Crippen LogP contribution in [0.3, 0.4) is 0 Å². The topological polar surface area (TPSA) is 49.4 Å². The van der Waals surface area contributed by atoms with E-state index in [9.17, 15) is 14.0 Å². The van der Waals surface area contributed by atoms with Crippen molar-refractivity contribution in [1.82, 2.24) is 10.2 Å². The molecule has 0 radical (unpaired) electrons. The molecule has 0 bridgehead atoms. The first-order valence-electron chi connectivity index (χ1n) is 6.08. The normalized spacial score (nSPS) is 19.2. The molecule has 1 heterocycles. The van der Waals surface area contributed by atoms with E-state index in [1.807, 2.05) is 6.92 Å². The number of rotatable bonds is 2. The van der Waals surface area contributed by atoms with Crippen molar-refractivity contribution >= 4 is 23.4 Å². The summed E-state index contributed by atoms with van der Waals surface area (Å²) in [6.07, 6.45) is 0.486. The van der Waals surface area contributed by atoms with Crippen molar-refractivity contribution < 1.29 is 14.0 Å². The highest BCUT2D eigenvalue weighted by Gasteiger charge is 2.33. The zero-order valence-corrected chi connectivity index (χ0v) is 11.2. The number of hydrogen-bond donors (Lipinski definition) is 1. The third kappa shape index (κ3) is 2.71. The Balaban J connectivity index is 2.32. The zero-order chi connectivity index (χ0) is 14.0. The monoisotopic (exact) mass is 284 g/mol. The summed E-state index contributed by atoms with van der Waals surface area (Å²) in [5.41, 5.74) is -0.0966. The highest BCUT2D eigenvalue weighted by molar-refractivity contribution is 6.31. The van der Waals surface area contributed by atoms with Gasteiger partial charge < -0.3 is 10.2 Å². The third-order valence-electron chi connectivity index (χ3n) is 3.14. The number of amides is 2. The van der Waals surface area contributed by atoms with Crippen LogP contribution < -0.4 is 5.32 Å². The first-order chi connectivity index (χ1) is 9.04. The molecule has 1 aromatic carbocycles. The van der Waals surface area contributed by atoms with E-state index in [1.165, 1.54) is 17.0 Å². The van der Waals surface area contributed by atoms with E-state index in [1.54, 1.807) is 0 Å². The van der Waals surface area contributed by atoms with Gasteiger partial charge in [0.1, 0.15) is 11.9 Å². The molecule has 1 aliphatic rings. The predicted molar refractivity (Wildman–Crippen MR) is 69.5 cm³/mol. The van der Waals surface area contributed by atoms with Crippen LogP contribution in [0.25, 0.3) is 0 Å². The van der Waals surface area contributed by atoms with Crippen molar-refractivity contribution in [2.75, 3.05) is 13.1 Å². The van der Waals surface area contributed by atoms with Gasteiger partial charge in [0, 0.05) is 18.1 Å². The summed E-state index contributed by atoms with van der Waals surface area (Å²) in [6.45, 7) is 2.56. The Morgan fingerprint density at radius 1 is 1.58 bits per heavy atom. The molecular formula is C13H14ClFN2O2. The van der Waals surface area contributed by atoms with Gasteiger partial charge in [-0.15, -0.1) is 0 Å². The van der Waals surface area contributed by atoms with Crippen molar-refractivity contribution in [3.8, 4) is 0 Å². The van der Waals surface area contributed by atoms with Gasteiger partial charge in [0.05, 0.1) is 5.56 Å². The molecule has 6 heteroatoms. The summed E-state index contributed by atoms with van der Waals surface area (Å²) in [4.78, 5) is 25.4. The largest absolute Gasteiger partial charge is 0.353 e. The Bertz CT molecular complexity index is 521. The second-order valence-corrected chi connectivity index (χ2v) is 4.77. The van der Waals surface area contributed by atoms with E-state index < -0.39 is 17.8 Å². The first kappa shape index (κ1) is 13.8. The number of piperazine rings is 1. The Kier molecular flexibility index (Phi) is 4.04. The summed E-state index contributed by atoms with van der Waals surface area (Å²) < 4.78 is 13.7. The summed E-state index contributed by atoms with van der Waals surface area (Å²) in [7, 11) is 0. The average molecular weight is 285 g/mol. The van der Waals surface area contributed by atoms with Crippen LogP contribution in [0.15, 0.2) is 18.2 Å². The van der Waals surface area contributed by atoms with Gasteiger partial charge in [-0.2, -0.15) is 0 Å². The second kappa shape index (κ2) is 5.57. The Morgan fingerprint density at radius 2 is 2.32 bits per heavy atom. The van der Waals surface area contributed by atoms with Gasteiger partial charge >= 0.3 is 0 Å². The molecule has 1 N–H and O–H groups in total. The highest BCUT2D eigenvalue weighted by atomic mass is 35.5. The van der Waals surface area contributed by atoms with Crippen LogP contribution in [0.5, 0.6) is 0 Å². The molecule has 2 rings (SSSR count). The molecule has 1 fully saturated rings. The molecule has 4 nitrogen and oxygen atoms in total. The minimum Gasteiger partial charge on any atom is -0.353 e. The molecule has 1 atom stereocenters. The summed E-state index contributed by atoms with van der Waals surface area (Å²) in [5.74, 6) is -1.33. The minimum absolute atomic E-state index is 0.0966. The molecule has 2 amide bonds. The number of nitrogens with zero attached hydrogens (tertiary/aromatic N) is 1. The molecule has 1 saturated heterocycles. The van der Waals surface area contributed by atoms with E-state index in [2.05, 4.69) is 5.32 Å². The van der Waals surface area contributed by atoms with Gasteiger partial charge in [-0.1, -0.05) is 18.5 Å². The number of hydrogen-bond acceptors (Lipinski definition) is 2. The molecule has 0 saturated carbocycles. The lowest BCUT2D eigenvalue weighted by Crippen LogP contribution is -2.57. The lowest BCUT2D eigenvalue weighted by molar-refractivity contribution is -0.127. The van der Waals surface area contributed by atoms with Crippen LogP contribution in [0, 0.1) is 5.82 Å². The maximum atomic E-state index is 13.7. The van der Waals surface area contributed by atoms with Gasteiger partial charge in [-0.05, 0) is 24.6 Å². The number of nitrogens with one attached hydrogen (secondary N) is 1. The lowest BCUT2D eigenvalue weighted by atomic mass is 10.1. The number of carbonyl (C=O) groups is 2. The third-order valence-corrected chi connectivity index (χ3v) is 3.37. The van der Waals surface area contributed by atoms with Crippen LogP contribution in [0.1, 0.15) is 23.7 Å². The minimum atomic E-state index is -0.629. The number of carbonyl (C=O) groups excluding carboxylic acids is 2. The van der Waals surface area contributed by atoms with Gasteiger partial charge in [0.25, 0.3) is 5.91 Å². The molecular weight excluding hydrogens is 271 g/mol. The molecule has 102 valence electrons. The lowest BCUT2D eigenvalue weighted by Gasteiger charge is -2.34. The quantitative estimate of drug-likeness (QED) is 0.901. The molecule has 0 aromatic heterocycles. The fraction of sp³-hybridized carbons (Fsp3) is 0.385. The van der Waals surface area contributed by atoms with E-state index in [0.717, 1.165) is 6.07 Å². The fourth-order valence-corrected chi connectivity index (χ4v) is 2.35. The smallest absolute Gasteiger partial charge is 0.257 e. The van der Waals surface area contributed by atoms with Gasteiger partial charge in [0.15, 0.2) is 0 Å². The molecule has 0 spiro atoms. The van der Waals surface area contributed by atoms with E-state index >= 15 is 0 Å². The van der Waals surface area contributed by atoms with Crippen molar-refractivity contribution in [2.45, 2.75) is 19.4 Å². The van der Waals surface area contributed by atoms with Crippen molar-refractivity contribution in [3.05, 3.63) is 34.6 Å². The van der Waals surface area contributed by atoms with Crippen molar-refractivity contribution in [3.63, 3.8) is 0 Å². The maximum Gasteiger partial charge on any atom is 0.257 e. The first-order valence-corrected chi connectivity index (χ1v) is 6.46. The van der Waals surface area contributed by atoms with Crippen LogP contribution >= 0.6 is 11.6 Å². The SMILES string of the molecule is CCC1C(=O)NCCN1C(=O)c1cc(Cl)ccc1F. The zero-order valence-electron chi connectivity index (χ0n) is 10.5.